The number of carbonyl (C=O) groups excluding carboxylic acids is 3. The van der Waals surface area contributed by atoms with Gasteiger partial charge < -0.3 is 40.5 Å². The number of nitrogens with one attached hydrogen (secondary N) is 3. The Hall–Kier alpha value is -3.41. The van der Waals surface area contributed by atoms with Crippen molar-refractivity contribution >= 4 is 17.9 Å². The van der Waals surface area contributed by atoms with Crippen LogP contribution >= 0.6 is 0 Å². The lowest BCUT2D eigenvalue weighted by atomic mass is 9.97. The van der Waals surface area contributed by atoms with E-state index in [0.717, 1.165) is 24.8 Å². The second-order valence-electron chi connectivity index (χ2n) is 13.1. The summed E-state index contributed by atoms with van der Waals surface area (Å²) in [5.41, 5.74) is -1.39. The van der Waals surface area contributed by atoms with Crippen molar-refractivity contribution in [1.29, 1.82) is 0 Å². The molecule has 11 nitrogen and oxygen atoms in total. The molecule has 1 aliphatic heterocycles. The molecular formula is C33H50N4O7. The SMILES string of the molecule is CC(C)(C)OC(=O)NC(C)(C)C(=O)NC(COCC1C=CCCC1)C(=O)NC1CCC=CN(C(c2ccccc2)C(O)O)C1. The minimum atomic E-state index is -1.65. The van der Waals surface area contributed by atoms with Crippen molar-refractivity contribution in [1.82, 2.24) is 20.9 Å². The van der Waals surface area contributed by atoms with Gasteiger partial charge in [0.05, 0.1) is 13.2 Å². The number of nitrogens with zero attached hydrogens (tertiary/aromatic N) is 1. The maximum Gasteiger partial charge on any atom is 0.408 e. The quantitative estimate of drug-likeness (QED) is 0.178. The van der Waals surface area contributed by atoms with Gasteiger partial charge in [-0.2, -0.15) is 0 Å². The summed E-state index contributed by atoms with van der Waals surface area (Å²) in [7, 11) is 0. The number of carbonyl (C=O) groups is 3. The van der Waals surface area contributed by atoms with E-state index < -0.39 is 47.4 Å². The molecule has 1 aromatic carbocycles. The summed E-state index contributed by atoms with van der Waals surface area (Å²) in [6.07, 6.45) is 10.0. The van der Waals surface area contributed by atoms with E-state index in [-0.39, 0.29) is 18.6 Å². The van der Waals surface area contributed by atoms with E-state index in [1.807, 2.05) is 47.5 Å². The summed E-state index contributed by atoms with van der Waals surface area (Å²) in [5, 5.41) is 28.9. The van der Waals surface area contributed by atoms with E-state index in [2.05, 4.69) is 28.1 Å². The van der Waals surface area contributed by atoms with Crippen molar-refractivity contribution in [2.45, 2.75) is 102 Å². The molecule has 5 N–H and O–H groups in total. The molecule has 0 spiro atoms. The van der Waals surface area contributed by atoms with E-state index in [0.29, 0.717) is 26.0 Å². The Morgan fingerprint density at radius 3 is 2.39 bits per heavy atom. The van der Waals surface area contributed by atoms with E-state index in [4.69, 9.17) is 9.47 Å². The van der Waals surface area contributed by atoms with Crippen molar-refractivity contribution in [3.63, 3.8) is 0 Å². The molecule has 0 radical (unpaired) electrons. The molecule has 0 saturated carbocycles. The third-order valence-corrected chi connectivity index (χ3v) is 7.51. The second-order valence-corrected chi connectivity index (χ2v) is 13.1. The molecule has 2 aliphatic rings. The zero-order valence-electron chi connectivity index (χ0n) is 26.6. The first-order valence-corrected chi connectivity index (χ1v) is 15.5. The van der Waals surface area contributed by atoms with E-state index in [1.54, 1.807) is 20.8 Å². The summed E-state index contributed by atoms with van der Waals surface area (Å²) in [5.74, 6) is -0.755. The van der Waals surface area contributed by atoms with Crippen molar-refractivity contribution < 1.29 is 34.1 Å². The molecule has 1 aromatic rings. The van der Waals surface area contributed by atoms with Gasteiger partial charge in [0.1, 0.15) is 23.2 Å². The number of hydrogen-bond acceptors (Lipinski definition) is 8. The highest BCUT2D eigenvalue weighted by Crippen LogP contribution is 2.26. The molecule has 1 heterocycles. The highest BCUT2D eigenvalue weighted by molar-refractivity contribution is 5.93. The van der Waals surface area contributed by atoms with Gasteiger partial charge in [-0.1, -0.05) is 48.6 Å². The van der Waals surface area contributed by atoms with Crippen LogP contribution in [-0.4, -0.2) is 82.3 Å². The maximum absolute atomic E-state index is 13.7. The van der Waals surface area contributed by atoms with Crippen molar-refractivity contribution in [3.05, 3.63) is 60.3 Å². The molecule has 1 aliphatic carbocycles. The van der Waals surface area contributed by atoms with Crippen LogP contribution in [0.15, 0.2) is 54.8 Å². The molecule has 11 heteroatoms. The summed E-state index contributed by atoms with van der Waals surface area (Å²) < 4.78 is 11.3. The number of allylic oxidation sites excluding steroid dienone is 2. The predicted molar refractivity (Wildman–Crippen MR) is 167 cm³/mol. The molecule has 4 unspecified atom stereocenters. The van der Waals surface area contributed by atoms with Crippen LogP contribution in [0, 0.1) is 5.92 Å². The van der Waals surface area contributed by atoms with Gasteiger partial charge in [-0.15, -0.1) is 0 Å². The standard InChI is InChI=1S/C33H50N4O7/c1-32(2,3)44-31(42)36-33(4,5)30(41)35-26(22-43-21-23-14-8-6-9-15-23)28(38)34-25-18-12-13-19-37(20-25)27(29(39)40)24-16-10-7-11-17-24/h7-8,10-11,13-14,16-17,19,23,25-27,29,39-40H,6,9,12,15,18,20-22H2,1-5H3,(H,34,38)(H,35,41)(H,36,42). The Bertz CT molecular complexity index is 1150. The zero-order chi connectivity index (χ0) is 32.3. The van der Waals surface area contributed by atoms with Crippen LogP contribution in [0.3, 0.4) is 0 Å². The number of rotatable bonds is 12. The van der Waals surface area contributed by atoms with Gasteiger partial charge in [0.25, 0.3) is 0 Å². The smallest absolute Gasteiger partial charge is 0.408 e. The minimum absolute atomic E-state index is 0.0545. The van der Waals surface area contributed by atoms with Crippen LogP contribution in [-0.2, 0) is 19.1 Å². The van der Waals surface area contributed by atoms with Gasteiger partial charge in [0, 0.05) is 18.5 Å². The lowest BCUT2D eigenvalue weighted by Gasteiger charge is -2.34. The Morgan fingerprint density at radius 1 is 1.02 bits per heavy atom. The van der Waals surface area contributed by atoms with Gasteiger partial charge in [0.2, 0.25) is 11.8 Å². The molecule has 44 heavy (non-hydrogen) atoms. The lowest BCUT2D eigenvalue weighted by molar-refractivity contribution is -0.134. The fourth-order valence-corrected chi connectivity index (χ4v) is 5.22. The monoisotopic (exact) mass is 614 g/mol. The molecule has 244 valence electrons. The Labute approximate surface area is 261 Å². The molecule has 0 aromatic heterocycles. The first kappa shape index (κ1) is 35.1. The highest BCUT2D eigenvalue weighted by Gasteiger charge is 2.35. The van der Waals surface area contributed by atoms with Gasteiger partial charge in [-0.25, -0.2) is 4.79 Å². The fraction of sp³-hybridized carbons (Fsp3) is 0.606. The van der Waals surface area contributed by atoms with Crippen LogP contribution in [0.25, 0.3) is 0 Å². The average Bonchev–Trinajstić information content (AvgIpc) is 3.17. The van der Waals surface area contributed by atoms with E-state index >= 15 is 0 Å². The Balaban J connectivity index is 1.71. The number of aliphatic hydroxyl groups is 2. The number of hydrogen-bond donors (Lipinski definition) is 5. The summed E-state index contributed by atoms with van der Waals surface area (Å²) in [6.45, 7) is 8.94. The zero-order valence-corrected chi connectivity index (χ0v) is 26.6. The summed E-state index contributed by atoms with van der Waals surface area (Å²) in [4.78, 5) is 41.3. The summed E-state index contributed by atoms with van der Waals surface area (Å²) in [6, 6.07) is 7.07. The molecular weight excluding hydrogens is 564 g/mol. The number of benzene rings is 1. The van der Waals surface area contributed by atoms with Gasteiger partial charge in [-0.05, 0) is 78.5 Å². The van der Waals surface area contributed by atoms with Crippen molar-refractivity contribution in [2.24, 2.45) is 5.92 Å². The first-order valence-electron chi connectivity index (χ1n) is 15.5. The third-order valence-electron chi connectivity index (χ3n) is 7.51. The third kappa shape index (κ3) is 11.3. The molecule has 3 rings (SSSR count). The maximum atomic E-state index is 13.7. The van der Waals surface area contributed by atoms with E-state index in [1.165, 1.54) is 13.8 Å². The van der Waals surface area contributed by atoms with Crippen molar-refractivity contribution in [3.8, 4) is 0 Å². The molecule has 0 saturated heterocycles. The van der Waals surface area contributed by atoms with E-state index in [9.17, 15) is 24.6 Å². The minimum Gasteiger partial charge on any atom is -0.444 e. The number of ether oxygens (including phenoxy) is 2. The topological polar surface area (TPSA) is 149 Å². The van der Waals surface area contributed by atoms with Gasteiger partial charge in [-0.3, -0.25) is 9.59 Å². The molecule has 3 amide bonds. The average molecular weight is 615 g/mol. The van der Waals surface area contributed by atoms with Crippen molar-refractivity contribution in [2.75, 3.05) is 19.8 Å². The Kier molecular flexibility index (Phi) is 12.8. The Morgan fingerprint density at radius 2 is 1.75 bits per heavy atom. The largest absolute Gasteiger partial charge is 0.444 e. The number of aliphatic hydroxyl groups excluding tert-OH is 1. The second kappa shape index (κ2) is 16.1. The molecule has 4 atom stereocenters. The summed E-state index contributed by atoms with van der Waals surface area (Å²) >= 11 is 0. The number of alkyl carbamates (subject to hydrolysis) is 1. The highest BCUT2D eigenvalue weighted by atomic mass is 16.6. The predicted octanol–water partition coefficient (Wildman–Crippen LogP) is 3.29. The fourth-order valence-electron chi connectivity index (χ4n) is 5.22. The van der Waals surface area contributed by atoms with Gasteiger partial charge >= 0.3 is 6.09 Å². The first-order chi connectivity index (χ1) is 20.7. The molecule has 0 fully saturated rings. The van der Waals surface area contributed by atoms with Gasteiger partial charge in [0.15, 0.2) is 6.29 Å². The van der Waals surface area contributed by atoms with Crippen LogP contribution in [0.5, 0.6) is 0 Å². The van der Waals surface area contributed by atoms with Crippen LogP contribution < -0.4 is 16.0 Å². The normalized spacial score (nSPS) is 20.4. The van der Waals surface area contributed by atoms with Crippen LogP contribution in [0.2, 0.25) is 0 Å². The molecule has 0 bridgehead atoms. The van der Waals surface area contributed by atoms with Crippen LogP contribution in [0.1, 0.15) is 78.3 Å². The number of amides is 3. The van der Waals surface area contributed by atoms with Crippen LogP contribution in [0.4, 0.5) is 4.79 Å². The lowest BCUT2D eigenvalue weighted by Crippen LogP contribution is -2.61.